The van der Waals surface area contributed by atoms with E-state index in [1.807, 2.05) is 0 Å². The van der Waals surface area contributed by atoms with Crippen LogP contribution < -0.4 is 5.32 Å². The summed E-state index contributed by atoms with van der Waals surface area (Å²) in [5.74, 6) is -1.55. The molecule has 1 aliphatic carbocycles. The van der Waals surface area contributed by atoms with Gasteiger partial charge in [0.2, 0.25) is 0 Å². The van der Waals surface area contributed by atoms with Crippen LogP contribution in [0.3, 0.4) is 0 Å². The molecule has 0 saturated heterocycles. The van der Waals surface area contributed by atoms with Gasteiger partial charge in [-0.2, -0.15) is 0 Å². The molecule has 0 aromatic heterocycles. The van der Waals surface area contributed by atoms with Crippen molar-refractivity contribution in [3.05, 3.63) is 35.4 Å². The smallest absolute Gasteiger partial charge is 0.159 e. The summed E-state index contributed by atoms with van der Waals surface area (Å²) in [6.07, 6.45) is 3.76. The SMILES string of the molecule is CCC1(CNCc2ccc(F)c(F)c2)CC1. The predicted molar refractivity (Wildman–Crippen MR) is 60.0 cm³/mol. The molecule has 0 heterocycles. The van der Waals surface area contributed by atoms with Crippen LogP contribution in [0.25, 0.3) is 0 Å². The zero-order chi connectivity index (χ0) is 11.6. The van der Waals surface area contributed by atoms with Gasteiger partial charge in [0.25, 0.3) is 0 Å². The third kappa shape index (κ3) is 2.59. The largest absolute Gasteiger partial charge is 0.312 e. The Morgan fingerprint density at radius 1 is 1.25 bits per heavy atom. The average Bonchev–Trinajstić information content (AvgIpc) is 3.04. The van der Waals surface area contributed by atoms with Crippen LogP contribution in [0.4, 0.5) is 8.78 Å². The second-order valence-corrected chi connectivity index (χ2v) is 4.71. The number of rotatable bonds is 5. The van der Waals surface area contributed by atoms with Gasteiger partial charge in [-0.1, -0.05) is 13.0 Å². The summed E-state index contributed by atoms with van der Waals surface area (Å²) in [5.41, 5.74) is 1.28. The molecule has 0 unspecified atom stereocenters. The molecule has 0 bridgehead atoms. The van der Waals surface area contributed by atoms with Crippen LogP contribution in [0.2, 0.25) is 0 Å². The highest BCUT2D eigenvalue weighted by Crippen LogP contribution is 2.47. The van der Waals surface area contributed by atoms with Gasteiger partial charge in [0, 0.05) is 13.1 Å². The van der Waals surface area contributed by atoms with Gasteiger partial charge in [0.15, 0.2) is 11.6 Å². The third-order valence-corrected chi connectivity index (χ3v) is 3.52. The molecular formula is C13H17F2N. The lowest BCUT2D eigenvalue weighted by molar-refractivity contribution is 0.442. The molecule has 1 aliphatic rings. The van der Waals surface area contributed by atoms with Crippen molar-refractivity contribution < 1.29 is 8.78 Å². The van der Waals surface area contributed by atoms with E-state index in [1.165, 1.54) is 31.4 Å². The van der Waals surface area contributed by atoms with Crippen molar-refractivity contribution in [2.75, 3.05) is 6.54 Å². The summed E-state index contributed by atoms with van der Waals surface area (Å²) >= 11 is 0. The maximum atomic E-state index is 12.9. The number of halogens is 2. The topological polar surface area (TPSA) is 12.0 Å². The van der Waals surface area contributed by atoms with E-state index in [2.05, 4.69) is 12.2 Å². The summed E-state index contributed by atoms with van der Waals surface area (Å²) < 4.78 is 25.6. The van der Waals surface area contributed by atoms with Crippen molar-refractivity contribution in [2.24, 2.45) is 5.41 Å². The summed E-state index contributed by atoms with van der Waals surface area (Å²) in [6, 6.07) is 4.06. The van der Waals surface area contributed by atoms with Crippen LogP contribution in [0.1, 0.15) is 31.7 Å². The van der Waals surface area contributed by atoms with Crippen LogP contribution in [-0.2, 0) is 6.54 Å². The van der Waals surface area contributed by atoms with Gasteiger partial charge in [-0.05, 0) is 42.4 Å². The minimum absolute atomic E-state index is 0.485. The molecule has 1 nitrogen and oxygen atoms in total. The first-order valence-electron chi connectivity index (χ1n) is 5.80. The first-order valence-corrected chi connectivity index (χ1v) is 5.80. The summed E-state index contributed by atoms with van der Waals surface area (Å²) in [7, 11) is 0. The molecular weight excluding hydrogens is 208 g/mol. The second-order valence-electron chi connectivity index (χ2n) is 4.71. The molecule has 1 fully saturated rings. The van der Waals surface area contributed by atoms with Crippen molar-refractivity contribution in [2.45, 2.75) is 32.7 Å². The quantitative estimate of drug-likeness (QED) is 0.811. The molecule has 0 spiro atoms. The molecule has 1 saturated carbocycles. The monoisotopic (exact) mass is 225 g/mol. The molecule has 16 heavy (non-hydrogen) atoms. The van der Waals surface area contributed by atoms with Gasteiger partial charge < -0.3 is 5.32 Å². The summed E-state index contributed by atoms with van der Waals surface area (Å²) in [4.78, 5) is 0. The minimum Gasteiger partial charge on any atom is -0.312 e. The van der Waals surface area contributed by atoms with Gasteiger partial charge in [0.1, 0.15) is 0 Å². The van der Waals surface area contributed by atoms with Crippen molar-refractivity contribution in [1.82, 2.24) is 5.32 Å². The van der Waals surface area contributed by atoms with Crippen molar-refractivity contribution in [3.63, 3.8) is 0 Å². The van der Waals surface area contributed by atoms with Crippen molar-refractivity contribution in [3.8, 4) is 0 Å². The molecule has 1 aromatic carbocycles. The first-order chi connectivity index (χ1) is 7.65. The third-order valence-electron chi connectivity index (χ3n) is 3.52. The number of hydrogen-bond acceptors (Lipinski definition) is 1. The predicted octanol–water partition coefficient (Wildman–Crippen LogP) is 3.24. The van der Waals surface area contributed by atoms with E-state index in [0.29, 0.717) is 12.0 Å². The Morgan fingerprint density at radius 2 is 2.00 bits per heavy atom. The van der Waals surface area contributed by atoms with Crippen molar-refractivity contribution >= 4 is 0 Å². The highest BCUT2D eigenvalue weighted by atomic mass is 19.2. The fraction of sp³-hybridized carbons (Fsp3) is 0.538. The first kappa shape index (κ1) is 11.5. The van der Waals surface area contributed by atoms with E-state index in [4.69, 9.17) is 0 Å². The van der Waals surface area contributed by atoms with E-state index in [-0.39, 0.29) is 0 Å². The van der Waals surface area contributed by atoms with Crippen LogP contribution in [-0.4, -0.2) is 6.54 Å². The number of benzene rings is 1. The Morgan fingerprint density at radius 3 is 2.56 bits per heavy atom. The Bertz CT molecular complexity index is 372. The van der Waals surface area contributed by atoms with E-state index < -0.39 is 11.6 Å². The number of nitrogens with one attached hydrogen (secondary N) is 1. The van der Waals surface area contributed by atoms with Crippen LogP contribution >= 0.6 is 0 Å². The normalized spacial score (nSPS) is 17.4. The van der Waals surface area contributed by atoms with Gasteiger partial charge in [0.05, 0.1) is 0 Å². The average molecular weight is 225 g/mol. The number of hydrogen-bond donors (Lipinski definition) is 1. The van der Waals surface area contributed by atoms with E-state index >= 15 is 0 Å². The molecule has 88 valence electrons. The fourth-order valence-electron chi connectivity index (χ4n) is 1.95. The van der Waals surface area contributed by atoms with Gasteiger partial charge in [-0.15, -0.1) is 0 Å². The molecule has 1 aromatic rings. The van der Waals surface area contributed by atoms with Crippen LogP contribution in [0, 0.1) is 17.0 Å². The summed E-state index contributed by atoms with van der Waals surface area (Å²) in [6.45, 7) is 3.79. The van der Waals surface area contributed by atoms with Gasteiger partial charge in [-0.25, -0.2) is 8.78 Å². The summed E-state index contributed by atoms with van der Waals surface area (Å²) in [5, 5.41) is 3.31. The standard InChI is InChI=1S/C13H17F2N/c1-2-13(5-6-13)9-16-8-10-3-4-11(14)12(15)7-10/h3-4,7,16H,2,5-6,8-9H2,1H3. The van der Waals surface area contributed by atoms with E-state index in [0.717, 1.165) is 12.1 Å². The highest BCUT2D eigenvalue weighted by Gasteiger charge is 2.39. The van der Waals surface area contributed by atoms with Crippen molar-refractivity contribution in [1.29, 1.82) is 0 Å². The Hall–Kier alpha value is -0.960. The molecule has 0 radical (unpaired) electrons. The Labute approximate surface area is 94.9 Å². The lowest BCUT2D eigenvalue weighted by Gasteiger charge is -2.13. The van der Waals surface area contributed by atoms with E-state index in [1.54, 1.807) is 6.07 Å². The Kier molecular flexibility index (Phi) is 3.24. The van der Waals surface area contributed by atoms with E-state index in [9.17, 15) is 8.78 Å². The molecule has 3 heteroatoms. The van der Waals surface area contributed by atoms with Gasteiger partial charge in [-0.3, -0.25) is 0 Å². The minimum atomic E-state index is -0.782. The molecule has 2 rings (SSSR count). The highest BCUT2D eigenvalue weighted by molar-refractivity contribution is 5.17. The lowest BCUT2D eigenvalue weighted by Crippen LogP contribution is -2.23. The molecule has 0 aliphatic heterocycles. The molecule has 0 atom stereocenters. The second kappa shape index (κ2) is 4.50. The maximum Gasteiger partial charge on any atom is 0.159 e. The molecule has 1 N–H and O–H groups in total. The lowest BCUT2D eigenvalue weighted by atomic mass is 10.0. The Balaban J connectivity index is 1.83. The van der Waals surface area contributed by atoms with Crippen LogP contribution in [0.5, 0.6) is 0 Å². The maximum absolute atomic E-state index is 12.9. The molecule has 0 amide bonds. The zero-order valence-corrected chi connectivity index (χ0v) is 9.52. The van der Waals surface area contributed by atoms with Crippen LogP contribution in [0.15, 0.2) is 18.2 Å². The van der Waals surface area contributed by atoms with Gasteiger partial charge >= 0.3 is 0 Å². The zero-order valence-electron chi connectivity index (χ0n) is 9.52. The fourth-order valence-corrected chi connectivity index (χ4v) is 1.95.